The minimum Gasteiger partial charge on any atom is -0.492 e. The smallest absolute Gasteiger partial charge is 0.323 e. The fourth-order valence-electron chi connectivity index (χ4n) is 5.42. The number of rotatable bonds is 4. The number of carbonyl (C=O) groups excluding carboxylic acids is 1. The van der Waals surface area contributed by atoms with Crippen LogP contribution in [0, 0.1) is 0 Å². The van der Waals surface area contributed by atoms with Gasteiger partial charge in [-0.2, -0.15) is 0 Å². The molecule has 7 heteroatoms. The molecular formula is C29H28ClN3O2S. The Morgan fingerprint density at radius 1 is 1.06 bits per heavy atom. The Hall–Kier alpha value is -3.22. The van der Waals surface area contributed by atoms with E-state index in [4.69, 9.17) is 16.3 Å². The van der Waals surface area contributed by atoms with Crippen molar-refractivity contribution in [2.24, 2.45) is 0 Å². The molecule has 0 saturated heterocycles. The Balaban J connectivity index is 1.48. The maximum absolute atomic E-state index is 14.1. The summed E-state index contributed by atoms with van der Waals surface area (Å²) in [4.78, 5) is 17.5. The summed E-state index contributed by atoms with van der Waals surface area (Å²) in [6.45, 7) is 3.01. The van der Waals surface area contributed by atoms with Crippen molar-refractivity contribution in [2.75, 3.05) is 11.9 Å². The van der Waals surface area contributed by atoms with Gasteiger partial charge in [-0.25, -0.2) is 4.79 Å². The lowest BCUT2D eigenvalue weighted by Crippen LogP contribution is -2.38. The molecule has 184 valence electrons. The molecule has 4 aromatic rings. The number of anilines is 1. The number of urea groups is 1. The summed E-state index contributed by atoms with van der Waals surface area (Å²) in [6.07, 6.45) is 6.76. The Morgan fingerprint density at radius 3 is 2.69 bits per heavy atom. The molecule has 0 spiro atoms. The lowest BCUT2D eigenvalue weighted by Gasteiger charge is -2.31. The third kappa shape index (κ3) is 4.08. The van der Waals surface area contributed by atoms with E-state index in [9.17, 15) is 4.79 Å². The summed E-state index contributed by atoms with van der Waals surface area (Å²) < 4.78 is 8.08. The van der Waals surface area contributed by atoms with Crippen LogP contribution in [-0.2, 0) is 19.4 Å². The summed E-state index contributed by atoms with van der Waals surface area (Å²) in [5, 5.41) is 5.08. The fourth-order valence-corrected chi connectivity index (χ4v) is 6.95. The second-order valence-electron chi connectivity index (χ2n) is 9.24. The number of hydrogen-bond acceptors (Lipinski definition) is 3. The minimum atomic E-state index is -0.268. The van der Waals surface area contributed by atoms with Gasteiger partial charge < -0.3 is 19.5 Å². The van der Waals surface area contributed by atoms with E-state index in [1.54, 1.807) is 0 Å². The molecule has 1 N–H and O–H groups in total. The van der Waals surface area contributed by atoms with Gasteiger partial charge in [0, 0.05) is 21.7 Å². The second kappa shape index (κ2) is 9.68. The van der Waals surface area contributed by atoms with Crippen LogP contribution in [0.25, 0.3) is 5.00 Å². The molecule has 0 bridgehead atoms. The topological polar surface area (TPSA) is 46.5 Å². The van der Waals surface area contributed by atoms with Crippen LogP contribution in [0.2, 0.25) is 5.02 Å². The largest absolute Gasteiger partial charge is 0.492 e. The number of ether oxygens (including phenoxy) is 1. The number of fused-ring (bicyclic) bond motifs is 5. The normalized spacial score (nSPS) is 16.5. The van der Waals surface area contributed by atoms with Crippen molar-refractivity contribution in [1.82, 2.24) is 9.47 Å². The molecule has 36 heavy (non-hydrogen) atoms. The highest BCUT2D eigenvalue weighted by molar-refractivity contribution is 7.15. The third-order valence-electron chi connectivity index (χ3n) is 7.05. The van der Waals surface area contributed by atoms with Gasteiger partial charge in [0.25, 0.3) is 0 Å². The average Bonchev–Trinajstić information content (AvgIpc) is 3.48. The number of amides is 2. The number of nitrogens with zero attached hydrogens (tertiary/aromatic N) is 2. The van der Waals surface area contributed by atoms with Crippen LogP contribution in [0.15, 0.2) is 66.9 Å². The summed E-state index contributed by atoms with van der Waals surface area (Å²) in [5.41, 5.74) is 5.48. The Bertz CT molecular complexity index is 1410. The maximum atomic E-state index is 14.1. The number of para-hydroxylation sites is 2. The van der Waals surface area contributed by atoms with Crippen LogP contribution >= 0.6 is 22.9 Å². The first-order valence-electron chi connectivity index (χ1n) is 12.5. The standard InChI is InChI=1S/C29H28ClN3O2S/c1-2-35-25-11-5-4-9-23(25)31-29(34)33-18-22-21-8-3-6-12-26(21)36-28(22)32-17-7-10-24(32)27(33)19-13-15-20(30)16-14-19/h4-5,7,9-11,13-17,27H,2-3,6,8,12,18H2,1H3,(H,31,34)/t27-/m0/s1. The molecule has 0 unspecified atom stereocenters. The summed E-state index contributed by atoms with van der Waals surface area (Å²) >= 11 is 8.13. The number of nitrogens with one attached hydrogen (secondary N) is 1. The molecule has 1 atom stereocenters. The van der Waals surface area contributed by atoms with Gasteiger partial charge in [0.05, 0.1) is 30.6 Å². The van der Waals surface area contributed by atoms with Crippen molar-refractivity contribution in [3.05, 3.63) is 99.1 Å². The van der Waals surface area contributed by atoms with Crippen LogP contribution in [0.3, 0.4) is 0 Å². The quantitative estimate of drug-likeness (QED) is 0.303. The van der Waals surface area contributed by atoms with Crippen LogP contribution < -0.4 is 10.1 Å². The van der Waals surface area contributed by atoms with Gasteiger partial charge in [0.15, 0.2) is 0 Å². The molecule has 3 heterocycles. The minimum absolute atomic E-state index is 0.154. The van der Waals surface area contributed by atoms with E-state index in [-0.39, 0.29) is 12.1 Å². The molecule has 1 aliphatic carbocycles. The van der Waals surface area contributed by atoms with E-state index in [0.29, 0.717) is 29.6 Å². The maximum Gasteiger partial charge on any atom is 0.323 e. The summed E-state index contributed by atoms with van der Waals surface area (Å²) in [6, 6.07) is 19.2. The first-order chi connectivity index (χ1) is 17.6. The predicted molar refractivity (Wildman–Crippen MR) is 146 cm³/mol. The number of halogens is 1. The zero-order chi connectivity index (χ0) is 24.6. The predicted octanol–water partition coefficient (Wildman–Crippen LogP) is 7.61. The van der Waals surface area contributed by atoms with Crippen molar-refractivity contribution in [3.8, 4) is 10.8 Å². The molecule has 6 rings (SSSR count). The highest BCUT2D eigenvalue weighted by Crippen LogP contribution is 2.44. The molecular weight excluding hydrogens is 490 g/mol. The van der Waals surface area contributed by atoms with Crippen molar-refractivity contribution >= 4 is 34.7 Å². The molecule has 1 aliphatic heterocycles. The van der Waals surface area contributed by atoms with E-state index in [1.165, 1.54) is 33.8 Å². The molecule has 2 aromatic carbocycles. The Labute approximate surface area is 220 Å². The van der Waals surface area contributed by atoms with Gasteiger partial charge in [0.2, 0.25) is 0 Å². The zero-order valence-corrected chi connectivity index (χ0v) is 21.7. The first kappa shape index (κ1) is 23.2. The van der Waals surface area contributed by atoms with E-state index < -0.39 is 0 Å². The average molecular weight is 518 g/mol. The second-order valence-corrected chi connectivity index (χ2v) is 10.8. The summed E-state index contributed by atoms with van der Waals surface area (Å²) in [7, 11) is 0. The lowest BCUT2D eigenvalue weighted by molar-refractivity contribution is 0.194. The molecule has 0 radical (unpaired) electrons. The van der Waals surface area contributed by atoms with Gasteiger partial charge in [-0.15, -0.1) is 11.3 Å². The van der Waals surface area contributed by atoms with E-state index in [1.807, 2.05) is 71.7 Å². The van der Waals surface area contributed by atoms with E-state index in [0.717, 1.165) is 24.1 Å². The van der Waals surface area contributed by atoms with Gasteiger partial charge in [-0.1, -0.05) is 35.9 Å². The van der Waals surface area contributed by atoms with E-state index in [2.05, 4.69) is 28.2 Å². The van der Waals surface area contributed by atoms with E-state index >= 15 is 0 Å². The number of benzene rings is 2. The van der Waals surface area contributed by atoms with Crippen LogP contribution in [0.1, 0.15) is 53.1 Å². The van der Waals surface area contributed by atoms with Gasteiger partial charge >= 0.3 is 6.03 Å². The SMILES string of the molecule is CCOc1ccccc1NC(=O)N1Cc2c(sc3c2CCCC3)-n2cccc2[C@@H]1c1ccc(Cl)cc1. The molecule has 0 saturated carbocycles. The summed E-state index contributed by atoms with van der Waals surface area (Å²) in [5.74, 6) is 0.670. The lowest BCUT2D eigenvalue weighted by atomic mass is 9.95. The van der Waals surface area contributed by atoms with Crippen LogP contribution in [-0.4, -0.2) is 22.1 Å². The van der Waals surface area contributed by atoms with Gasteiger partial charge in [-0.3, -0.25) is 0 Å². The van der Waals surface area contributed by atoms with Crippen molar-refractivity contribution in [3.63, 3.8) is 0 Å². The molecule has 2 amide bonds. The van der Waals surface area contributed by atoms with Crippen LogP contribution in [0.5, 0.6) is 5.75 Å². The van der Waals surface area contributed by atoms with Crippen molar-refractivity contribution < 1.29 is 9.53 Å². The zero-order valence-electron chi connectivity index (χ0n) is 20.2. The van der Waals surface area contributed by atoms with Gasteiger partial charge in [-0.05, 0) is 80.1 Å². The number of hydrogen-bond donors (Lipinski definition) is 1. The molecule has 2 aliphatic rings. The highest BCUT2D eigenvalue weighted by Gasteiger charge is 2.36. The molecule has 5 nitrogen and oxygen atoms in total. The highest BCUT2D eigenvalue weighted by atomic mass is 35.5. The Morgan fingerprint density at radius 2 is 1.86 bits per heavy atom. The van der Waals surface area contributed by atoms with Crippen LogP contribution in [0.4, 0.5) is 10.5 Å². The number of aryl methyl sites for hydroxylation is 1. The van der Waals surface area contributed by atoms with Crippen molar-refractivity contribution in [1.29, 1.82) is 0 Å². The first-order valence-corrected chi connectivity index (χ1v) is 13.7. The molecule has 2 aromatic heterocycles. The number of aromatic nitrogens is 1. The molecule has 0 fully saturated rings. The Kier molecular flexibility index (Phi) is 6.23. The monoisotopic (exact) mass is 517 g/mol. The number of carbonyl (C=O) groups is 1. The van der Waals surface area contributed by atoms with Crippen molar-refractivity contribution in [2.45, 2.75) is 45.2 Å². The number of thiophene rings is 1. The van der Waals surface area contributed by atoms with Gasteiger partial charge in [0.1, 0.15) is 10.8 Å². The fraction of sp³-hybridized carbons (Fsp3) is 0.276. The third-order valence-corrected chi connectivity index (χ3v) is 8.64.